The smallest absolute Gasteiger partial charge is 0.407 e. The quantitative estimate of drug-likeness (QED) is 0.596. The molecule has 0 aromatic heterocycles. The van der Waals surface area contributed by atoms with Crippen molar-refractivity contribution in [1.82, 2.24) is 5.32 Å². The Balaban J connectivity index is 2.10. The number of alkyl carbamates (subject to hydrolysis) is 1. The van der Waals surface area contributed by atoms with E-state index < -0.39 is 17.1 Å². The lowest BCUT2D eigenvalue weighted by Gasteiger charge is -2.36. The van der Waals surface area contributed by atoms with Gasteiger partial charge in [-0.3, -0.25) is 0 Å². The fraction of sp³-hybridized carbons (Fsp3) is 0.240. The number of carbonyl (C=O) groups excluding carboxylic acids is 1. The summed E-state index contributed by atoms with van der Waals surface area (Å²) in [7, 11) is 0. The second-order valence-corrected chi connectivity index (χ2v) is 7.86. The van der Waals surface area contributed by atoms with Gasteiger partial charge in [-0.2, -0.15) is 0 Å². The number of nitrogens with one attached hydrogen (secondary N) is 1. The highest BCUT2D eigenvalue weighted by atomic mass is 16.6. The molecule has 0 aliphatic rings. The lowest BCUT2D eigenvalue weighted by Crippen LogP contribution is -2.44. The molecule has 0 aliphatic heterocycles. The molecule has 3 nitrogen and oxygen atoms in total. The van der Waals surface area contributed by atoms with Crippen LogP contribution in [0.25, 0.3) is 0 Å². The van der Waals surface area contributed by atoms with Gasteiger partial charge in [0.1, 0.15) is 5.60 Å². The van der Waals surface area contributed by atoms with E-state index in [9.17, 15) is 4.79 Å². The van der Waals surface area contributed by atoms with Crippen LogP contribution in [0.5, 0.6) is 0 Å². The summed E-state index contributed by atoms with van der Waals surface area (Å²) >= 11 is 0. The Morgan fingerprint density at radius 1 is 0.714 bits per heavy atom. The molecule has 3 heteroatoms. The zero-order valence-corrected chi connectivity index (χ0v) is 16.7. The summed E-state index contributed by atoms with van der Waals surface area (Å²) in [6, 6.07) is 30.9. The number of ether oxygens (including phenoxy) is 1. The van der Waals surface area contributed by atoms with E-state index in [2.05, 4.69) is 41.7 Å². The Morgan fingerprint density at radius 2 is 1.07 bits per heavy atom. The lowest BCUT2D eigenvalue weighted by atomic mass is 9.69. The van der Waals surface area contributed by atoms with E-state index in [0.717, 1.165) is 16.7 Å². The van der Waals surface area contributed by atoms with E-state index in [-0.39, 0.29) is 0 Å². The lowest BCUT2D eigenvalue weighted by molar-refractivity contribution is 0.0521. The number of carbonyl (C=O) groups is 1. The van der Waals surface area contributed by atoms with Crippen molar-refractivity contribution in [2.75, 3.05) is 6.54 Å². The summed E-state index contributed by atoms with van der Waals surface area (Å²) in [5.74, 6) is 0. The van der Waals surface area contributed by atoms with Gasteiger partial charge in [-0.05, 0) is 37.5 Å². The van der Waals surface area contributed by atoms with E-state index >= 15 is 0 Å². The second kappa shape index (κ2) is 8.30. The maximum absolute atomic E-state index is 12.5. The Kier molecular flexibility index (Phi) is 5.84. The first-order valence-corrected chi connectivity index (χ1v) is 9.55. The molecular weight excluding hydrogens is 346 g/mol. The van der Waals surface area contributed by atoms with Gasteiger partial charge in [-0.1, -0.05) is 91.0 Å². The zero-order chi connectivity index (χ0) is 20.0. The van der Waals surface area contributed by atoms with Crippen molar-refractivity contribution >= 4 is 6.09 Å². The molecule has 0 fully saturated rings. The van der Waals surface area contributed by atoms with E-state index in [1.807, 2.05) is 75.4 Å². The number of hydrogen-bond acceptors (Lipinski definition) is 2. The third-order valence-corrected chi connectivity index (χ3v) is 4.70. The highest BCUT2D eigenvalue weighted by Crippen LogP contribution is 2.38. The van der Waals surface area contributed by atoms with Gasteiger partial charge < -0.3 is 10.1 Å². The molecule has 0 saturated carbocycles. The molecule has 3 aromatic rings. The number of amides is 1. The fourth-order valence-electron chi connectivity index (χ4n) is 3.49. The third-order valence-electron chi connectivity index (χ3n) is 4.70. The summed E-state index contributed by atoms with van der Waals surface area (Å²) in [4.78, 5) is 12.5. The van der Waals surface area contributed by atoms with Gasteiger partial charge in [0.15, 0.2) is 0 Å². The molecule has 3 aromatic carbocycles. The van der Waals surface area contributed by atoms with Crippen molar-refractivity contribution in [3.05, 3.63) is 108 Å². The average Bonchev–Trinajstić information content (AvgIpc) is 2.70. The van der Waals surface area contributed by atoms with Gasteiger partial charge in [0.05, 0.1) is 5.41 Å². The maximum Gasteiger partial charge on any atom is 0.407 e. The molecule has 0 bridgehead atoms. The summed E-state index contributed by atoms with van der Waals surface area (Å²) in [5, 5.41) is 3.01. The van der Waals surface area contributed by atoms with Crippen molar-refractivity contribution in [1.29, 1.82) is 0 Å². The van der Waals surface area contributed by atoms with Crippen LogP contribution in [-0.2, 0) is 10.2 Å². The molecule has 0 saturated heterocycles. The largest absolute Gasteiger partial charge is 0.444 e. The van der Waals surface area contributed by atoms with Crippen LogP contribution in [0.4, 0.5) is 4.79 Å². The minimum atomic E-state index is -0.543. The van der Waals surface area contributed by atoms with Crippen LogP contribution in [0.15, 0.2) is 91.0 Å². The Labute approximate surface area is 167 Å². The van der Waals surface area contributed by atoms with Crippen molar-refractivity contribution in [2.24, 2.45) is 0 Å². The third kappa shape index (κ3) is 4.42. The monoisotopic (exact) mass is 373 g/mol. The van der Waals surface area contributed by atoms with Crippen LogP contribution in [0.2, 0.25) is 0 Å². The second-order valence-electron chi connectivity index (χ2n) is 7.86. The molecule has 0 unspecified atom stereocenters. The predicted octanol–water partition coefficient (Wildman–Crippen LogP) is 5.55. The molecule has 144 valence electrons. The topological polar surface area (TPSA) is 38.3 Å². The van der Waals surface area contributed by atoms with Crippen LogP contribution in [0.1, 0.15) is 37.5 Å². The van der Waals surface area contributed by atoms with Crippen LogP contribution in [0.3, 0.4) is 0 Å². The number of benzene rings is 3. The van der Waals surface area contributed by atoms with Crippen LogP contribution < -0.4 is 5.32 Å². The summed E-state index contributed by atoms with van der Waals surface area (Å²) in [6.45, 7) is 5.99. The first kappa shape index (κ1) is 19.7. The molecule has 0 spiro atoms. The first-order chi connectivity index (χ1) is 13.4. The van der Waals surface area contributed by atoms with Crippen molar-refractivity contribution in [3.63, 3.8) is 0 Å². The number of rotatable bonds is 5. The van der Waals surface area contributed by atoms with Gasteiger partial charge in [0, 0.05) is 6.54 Å². The average molecular weight is 373 g/mol. The van der Waals surface area contributed by atoms with Crippen LogP contribution in [0, 0.1) is 0 Å². The minimum absolute atomic E-state index is 0.389. The highest BCUT2D eigenvalue weighted by Gasteiger charge is 2.37. The Morgan fingerprint density at radius 3 is 1.39 bits per heavy atom. The molecule has 28 heavy (non-hydrogen) atoms. The first-order valence-electron chi connectivity index (χ1n) is 9.55. The van der Waals surface area contributed by atoms with E-state index in [1.54, 1.807) is 0 Å². The minimum Gasteiger partial charge on any atom is -0.444 e. The Hall–Kier alpha value is -3.07. The Bertz CT molecular complexity index is 787. The van der Waals surface area contributed by atoms with Crippen molar-refractivity contribution < 1.29 is 9.53 Å². The molecule has 1 amide bonds. The number of hydrogen-bond donors (Lipinski definition) is 1. The van der Waals surface area contributed by atoms with E-state index in [0.29, 0.717) is 6.54 Å². The zero-order valence-electron chi connectivity index (χ0n) is 16.7. The summed E-state index contributed by atoms with van der Waals surface area (Å²) in [5.41, 5.74) is 2.27. The van der Waals surface area contributed by atoms with Gasteiger partial charge >= 0.3 is 6.09 Å². The highest BCUT2D eigenvalue weighted by molar-refractivity contribution is 5.68. The van der Waals surface area contributed by atoms with Crippen LogP contribution >= 0.6 is 0 Å². The molecule has 0 radical (unpaired) electrons. The predicted molar refractivity (Wildman–Crippen MR) is 113 cm³/mol. The van der Waals surface area contributed by atoms with Gasteiger partial charge in [0.25, 0.3) is 0 Å². The van der Waals surface area contributed by atoms with Gasteiger partial charge in [-0.25, -0.2) is 4.79 Å². The molecule has 3 rings (SSSR count). The normalized spacial score (nSPS) is 11.7. The van der Waals surface area contributed by atoms with E-state index in [1.165, 1.54) is 0 Å². The standard InChI is InChI=1S/C25H27NO2/c1-24(2,3)28-23(27)26-19-25(20-13-7-4-8-14-20,21-15-9-5-10-16-21)22-17-11-6-12-18-22/h4-18H,19H2,1-3H3,(H,26,27). The molecule has 1 N–H and O–H groups in total. The maximum atomic E-state index is 12.5. The van der Waals surface area contributed by atoms with Crippen molar-refractivity contribution in [3.8, 4) is 0 Å². The fourth-order valence-corrected chi connectivity index (χ4v) is 3.49. The molecule has 0 aliphatic carbocycles. The summed E-state index contributed by atoms with van der Waals surface area (Å²) in [6.07, 6.45) is -0.417. The van der Waals surface area contributed by atoms with Gasteiger partial charge in [0.2, 0.25) is 0 Å². The van der Waals surface area contributed by atoms with Crippen molar-refractivity contribution in [2.45, 2.75) is 31.8 Å². The van der Waals surface area contributed by atoms with Crippen LogP contribution in [-0.4, -0.2) is 18.2 Å². The summed E-state index contributed by atoms with van der Waals surface area (Å²) < 4.78 is 5.49. The van der Waals surface area contributed by atoms with E-state index in [4.69, 9.17) is 4.74 Å². The molecule has 0 heterocycles. The SMILES string of the molecule is CC(C)(C)OC(=O)NCC(c1ccccc1)(c1ccccc1)c1ccccc1. The van der Waals surface area contributed by atoms with Gasteiger partial charge in [-0.15, -0.1) is 0 Å². The molecule has 0 atom stereocenters. The molecular formula is C25H27NO2.